The van der Waals surface area contributed by atoms with Gasteiger partial charge < -0.3 is 5.32 Å². The number of halogens is 10. The van der Waals surface area contributed by atoms with Crippen LogP contribution in [0.1, 0.15) is 27.2 Å². The molecule has 1 N–H and O–H groups in total. The van der Waals surface area contributed by atoms with Crippen LogP contribution in [-0.2, 0) is 18.5 Å². The molecule has 0 saturated carbocycles. The lowest BCUT2D eigenvalue weighted by Crippen LogP contribution is -2.23. The largest absolute Gasteiger partial charge is 0.434 e. The van der Waals surface area contributed by atoms with Gasteiger partial charge in [0.25, 0.3) is 5.91 Å². The van der Waals surface area contributed by atoms with Gasteiger partial charge in [-0.3, -0.25) is 4.79 Å². The molecule has 0 radical (unpaired) electrons. The predicted octanol–water partition coefficient (Wildman–Crippen LogP) is 5.44. The Balaban J connectivity index is 2.51. The van der Waals surface area contributed by atoms with Gasteiger partial charge in [0, 0.05) is 6.20 Å². The summed E-state index contributed by atoms with van der Waals surface area (Å²) in [5.74, 6) is -1.73. The van der Waals surface area contributed by atoms with Crippen LogP contribution in [0.5, 0.6) is 0 Å². The van der Waals surface area contributed by atoms with Crippen molar-refractivity contribution in [3.8, 4) is 0 Å². The van der Waals surface area contributed by atoms with Crippen LogP contribution >= 0.6 is 11.6 Å². The maximum absolute atomic E-state index is 13.1. The molecule has 28 heavy (non-hydrogen) atoms. The van der Waals surface area contributed by atoms with E-state index in [0.717, 1.165) is 0 Å². The van der Waals surface area contributed by atoms with Crippen molar-refractivity contribution >= 4 is 23.2 Å². The standard InChI is InChI=1S/C14H5ClF9N3O/c15-11-25-4-6(9(27-11)14(22,23)24)10(28)26-8-2-1-5(12(16,17)18)3-7(8)13(19,20)21/h1-4H,(H,26,28). The maximum atomic E-state index is 13.1. The molecule has 0 spiro atoms. The molecule has 2 aromatic rings. The molecule has 0 atom stereocenters. The van der Waals surface area contributed by atoms with E-state index in [2.05, 4.69) is 9.97 Å². The number of nitrogens with zero attached hydrogens (tertiary/aromatic N) is 2. The second-order valence-corrected chi connectivity index (χ2v) is 5.45. The Morgan fingerprint density at radius 1 is 0.929 bits per heavy atom. The summed E-state index contributed by atoms with van der Waals surface area (Å²) in [6.07, 6.45) is -15.3. The number of hydrogen-bond donors (Lipinski definition) is 1. The maximum Gasteiger partial charge on any atom is 0.434 e. The molecular formula is C14H5ClF9N3O. The Bertz CT molecular complexity index is 906. The third kappa shape index (κ3) is 4.82. The minimum atomic E-state index is -5.34. The minimum absolute atomic E-state index is 0.230. The second kappa shape index (κ2) is 7.11. The number of amides is 1. The van der Waals surface area contributed by atoms with Gasteiger partial charge in [-0.2, -0.15) is 39.5 Å². The summed E-state index contributed by atoms with van der Waals surface area (Å²) >= 11 is 5.22. The fraction of sp³-hybridized carbons (Fsp3) is 0.214. The number of aromatic nitrogens is 2. The Morgan fingerprint density at radius 3 is 2.04 bits per heavy atom. The average Bonchev–Trinajstić information content (AvgIpc) is 2.52. The summed E-state index contributed by atoms with van der Waals surface area (Å²) in [7, 11) is 0. The van der Waals surface area contributed by atoms with Crippen molar-refractivity contribution in [1.82, 2.24) is 9.97 Å². The van der Waals surface area contributed by atoms with Gasteiger partial charge >= 0.3 is 18.5 Å². The first kappa shape index (κ1) is 21.7. The Hall–Kier alpha value is -2.57. The van der Waals surface area contributed by atoms with E-state index in [1.54, 1.807) is 0 Å². The van der Waals surface area contributed by atoms with E-state index >= 15 is 0 Å². The van der Waals surface area contributed by atoms with Crippen LogP contribution in [0.25, 0.3) is 0 Å². The van der Waals surface area contributed by atoms with Crippen LogP contribution in [0.3, 0.4) is 0 Å². The third-order valence-corrected chi connectivity index (χ3v) is 3.36. The fourth-order valence-corrected chi connectivity index (χ4v) is 2.13. The molecule has 14 heteroatoms. The number of rotatable bonds is 2. The van der Waals surface area contributed by atoms with Gasteiger partial charge in [-0.15, -0.1) is 0 Å². The van der Waals surface area contributed by atoms with Gasteiger partial charge in [-0.25, -0.2) is 9.97 Å². The summed E-state index contributed by atoms with van der Waals surface area (Å²) in [5, 5.41) is 0.614. The highest BCUT2D eigenvalue weighted by Crippen LogP contribution is 2.40. The molecule has 1 amide bonds. The number of anilines is 1. The lowest BCUT2D eigenvalue weighted by Gasteiger charge is -2.17. The number of carbonyl (C=O) groups is 1. The van der Waals surface area contributed by atoms with E-state index in [1.165, 1.54) is 5.32 Å². The lowest BCUT2D eigenvalue weighted by molar-refractivity contribution is -0.143. The zero-order valence-electron chi connectivity index (χ0n) is 12.9. The van der Waals surface area contributed by atoms with Gasteiger partial charge in [0.1, 0.15) is 0 Å². The average molecular weight is 438 g/mol. The number of benzene rings is 1. The molecule has 0 saturated heterocycles. The summed E-state index contributed by atoms with van der Waals surface area (Å²) < 4.78 is 116. The summed E-state index contributed by atoms with van der Waals surface area (Å²) in [4.78, 5) is 18.0. The molecule has 1 heterocycles. The van der Waals surface area contributed by atoms with E-state index < -0.39 is 57.8 Å². The number of nitrogens with one attached hydrogen (secondary N) is 1. The highest BCUT2D eigenvalue weighted by atomic mass is 35.5. The van der Waals surface area contributed by atoms with E-state index in [4.69, 9.17) is 11.6 Å². The summed E-state index contributed by atoms with van der Waals surface area (Å²) in [6.45, 7) is 0. The van der Waals surface area contributed by atoms with Gasteiger partial charge in [-0.05, 0) is 29.8 Å². The van der Waals surface area contributed by atoms with Crippen molar-refractivity contribution in [2.75, 3.05) is 5.32 Å². The molecule has 152 valence electrons. The molecule has 4 nitrogen and oxygen atoms in total. The van der Waals surface area contributed by atoms with Crippen LogP contribution in [0.15, 0.2) is 24.4 Å². The minimum Gasteiger partial charge on any atom is -0.321 e. The van der Waals surface area contributed by atoms with E-state index in [0.29, 0.717) is 6.20 Å². The zero-order valence-corrected chi connectivity index (χ0v) is 13.6. The van der Waals surface area contributed by atoms with Gasteiger partial charge in [0.05, 0.1) is 22.4 Å². The normalized spacial score (nSPS) is 12.8. The van der Waals surface area contributed by atoms with Crippen molar-refractivity contribution in [3.63, 3.8) is 0 Å². The first-order valence-electron chi connectivity index (χ1n) is 6.80. The molecule has 2 rings (SSSR count). The van der Waals surface area contributed by atoms with Crippen LogP contribution in [-0.4, -0.2) is 15.9 Å². The third-order valence-electron chi connectivity index (χ3n) is 3.17. The lowest BCUT2D eigenvalue weighted by atomic mass is 10.1. The quantitative estimate of drug-likeness (QED) is 0.503. The van der Waals surface area contributed by atoms with Gasteiger partial charge in [-0.1, -0.05) is 0 Å². The van der Waals surface area contributed by atoms with Crippen molar-refractivity contribution in [2.24, 2.45) is 0 Å². The molecule has 0 aliphatic heterocycles. The highest BCUT2D eigenvalue weighted by Gasteiger charge is 2.40. The molecule has 0 fully saturated rings. The smallest absolute Gasteiger partial charge is 0.321 e. The fourth-order valence-electron chi connectivity index (χ4n) is 2.00. The van der Waals surface area contributed by atoms with E-state index in [1.807, 2.05) is 0 Å². The number of hydrogen-bond acceptors (Lipinski definition) is 3. The van der Waals surface area contributed by atoms with Crippen LogP contribution < -0.4 is 5.32 Å². The van der Waals surface area contributed by atoms with Gasteiger partial charge in [0.15, 0.2) is 5.69 Å². The van der Waals surface area contributed by atoms with Crippen molar-refractivity contribution in [2.45, 2.75) is 18.5 Å². The zero-order chi connectivity index (χ0) is 21.5. The summed E-state index contributed by atoms with van der Waals surface area (Å²) in [6, 6.07) is 0.222. The van der Waals surface area contributed by atoms with Crippen molar-refractivity contribution < 1.29 is 44.3 Å². The topological polar surface area (TPSA) is 54.9 Å². The monoisotopic (exact) mass is 437 g/mol. The number of alkyl halides is 9. The first-order valence-corrected chi connectivity index (χ1v) is 7.18. The summed E-state index contributed by atoms with van der Waals surface area (Å²) in [5.41, 5.74) is -7.85. The van der Waals surface area contributed by atoms with Gasteiger partial charge in [0.2, 0.25) is 5.28 Å². The Morgan fingerprint density at radius 2 is 1.54 bits per heavy atom. The molecular weight excluding hydrogens is 433 g/mol. The molecule has 0 aliphatic rings. The SMILES string of the molecule is O=C(Nc1ccc(C(F)(F)F)cc1C(F)(F)F)c1cnc(Cl)nc1C(F)(F)F. The van der Waals surface area contributed by atoms with Crippen molar-refractivity contribution in [3.05, 3.63) is 52.1 Å². The molecule has 0 bridgehead atoms. The van der Waals surface area contributed by atoms with Crippen molar-refractivity contribution in [1.29, 1.82) is 0 Å². The molecule has 1 aromatic carbocycles. The Kier molecular flexibility index (Phi) is 5.52. The van der Waals surface area contributed by atoms with Crippen LogP contribution in [0.2, 0.25) is 5.28 Å². The molecule has 0 unspecified atom stereocenters. The highest BCUT2D eigenvalue weighted by molar-refractivity contribution is 6.28. The number of carbonyl (C=O) groups excluding carboxylic acids is 1. The Labute approximate surface area is 154 Å². The molecule has 1 aromatic heterocycles. The van der Waals surface area contributed by atoms with Crippen LogP contribution in [0, 0.1) is 0 Å². The first-order chi connectivity index (χ1) is 12.6. The van der Waals surface area contributed by atoms with Crippen LogP contribution in [0.4, 0.5) is 45.2 Å². The van der Waals surface area contributed by atoms with E-state index in [-0.39, 0.29) is 18.2 Å². The second-order valence-electron chi connectivity index (χ2n) is 5.11. The predicted molar refractivity (Wildman–Crippen MR) is 76.4 cm³/mol. The van der Waals surface area contributed by atoms with E-state index in [9.17, 15) is 44.3 Å². The molecule has 0 aliphatic carbocycles.